The van der Waals surface area contributed by atoms with E-state index in [0.717, 1.165) is 26.1 Å². The second-order valence-electron chi connectivity index (χ2n) is 5.06. The van der Waals surface area contributed by atoms with Gasteiger partial charge in [0.05, 0.1) is 19.3 Å². The molecule has 2 atom stereocenters. The SMILES string of the molecule is COCCN1CCC(N)C1c1ccccc1COC. The topological polar surface area (TPSA) is 47.7 Å². The van der Waals surface area contributed by atoms with Crippen molar-refractivity contribution in [2.45, 2.75) is 25.1 Å². The molecule has 1 heterocycles. The zero-order chi connectivity index (χ0) is 13.7. The molecule has 2 unspecified atom stereocenters. The van der Waals surface area contributed by atoms with Crippen molar-refractivity contribution in [1.82, 2.24) is 4.90 Å². The van der Waals surface area contributed by atoms with E-state index in [0.29, 0.717) is 6.61 Å². The summed E-state index contributed by atoms with van der Waals surface area (Å²) in [5.74, 6) is 0. The van der Waals surface area contributed by atoms with Gasteiger partial charge in [-0.1, -0.05) is 24.3 Å². The molecule has 1 fully saturated rings. The fraction of sp³-hybridized carbons (Fsp3) is 0.600. The average Bonchev–Trinajstić information content (AvgIpc) is 2.79. The van der Waals surface area contributed by atoms with Crippen LogP contribution in [-0.4, -0.2) is 44.9 Å². The monoisotopic (exact) mass is 264 g/mol. The van der Waals surface area contributed by atoms with E-state index in [4.69, 9.17) is 15.2 Å². The standard InChI is InChI=1S/C15H24N2O2/c1-18-10-9-17-8-7-14(16)15(17)13-6-4-3-5-12(13)11-19-2/h3-6,14-15H,7-11,16H2,1-2H3. The van der Waals surface area contributed by atoms with Crippen molar-refractivity contribution in [3.63, 3.8) is 0 Å². The number of hydrogen-bond donors (Lipinski definition) is 1. The Morgan fingerprint density at radius 2 is 2.05 bits per heavy atom. The molecule has 2 N–H and O–H groups in total. The van der Waals surface area contributed by atoms with Crippen molar-refractivity contribution >= 4 is 0 Å². The van der Waals surface area contributed by atoms with Gasteiger partial charge in [0, 0.05) is 33.4 Å². The Labute approximate surface area is 115 Å². The number of likely N-dealkylation sites (tertiary alicyclic amines) is 1. The van der Waals surface area contributed by atoms with Crippen molar-refractivity contribution in [2.75, 3.05) is 33.9 Å². The van der Waals surface area contributed by atoms with Crippen LogP contribution in [-0.2, 0) is 16.1 Å². The van der Waals surface area contributed by atoms with Gasteiger partial charge in [0.1, 0.15) is 0 Å². The molecule has 0 spiro atoms. The van der Waals surface area contributed by atoms with Gasteiger partial charge in [-0.3, -0.25) is 4.90 Å². The Hall–Kier alpha value is -0.940. The molecule has 1 aliphatic heterocycles. The Bertz CT molecular complexity index is 397. The molecule has 0 amide bonds. The first kappa shape index (κ1) is 14.5. The zero-order valence-corrected chi connectivity index (χ0v) is 11.8. The van der Waals surface area contributed by atoms with Crippen LogP contribution in [0.5, 0.6) is 0 Å². The molecule has 1 aliphatic rings. The fourth-order valence-corrected chi connectivity index (χ4v) is 2.88. The molecule has 1 aromatic carbocycles. The van der Waals surface area contributed by atoms with Crippen molar-refractivity contribution in [2.24, 2.45) is 5.73 Å². The molecule has 0 aromatic heterocycles. The molecule has 2 rings (SSSR count). The van der Waals surface area contributed by atoms with Crippen LogP contribution in [0.15, 0.2) is 24.3 Å². The Kier molecular flexibility index (Phi) is 5.34. The Morgan fingerprint density at radius 1 is 1.26 bits per heavy atom. The van der Waals surface area contributed by atoms with Gasteiger partial charge in [-0.25, -0.2) is 0 Å². The summed E-state index contributed by atoms with van der Waals surface area (Å²) in [5, 5.41) is 0. The highest BCUT2D eigenvalue weighted by atomic mass is 16.5. The van der Waals surface area contributed by atoms with Gasteiger partial charge < -0.3 is 15.2 Å². The minimum absolute atomic E-state index is 0.190. The summed E-state index contributed by atoms with van der Waals surface area (Å²) in [6.07, 6.45) is 1.04. The number of ether oxygens (including phenoxy) is 2. The number of rotatable bonds is 6. The van der Waals surface area contributed by atoms with E-state index in [2.05, 4.69) is 29.2 Å². The van der Waals surface area contributed by atoms with E-state index in [1.807, 2.05) is 0 Å². The summed E-state index contributed by atoms with van der Waals surface area (Å²) in [4.78, 5) is 2.42. The van der Waals surface area contributed by atoms with Crippen LogP contribution in [0.3, 0.4) is 0 Å². The molecule has 1 aromatic rings. The van der Waals surface area contributed by atoms with E-state index in [1.165, 1.54) is 11.1 Å². The second kappa shape index (κ2) is 7.01. The van der Waals surface area contributed by atoms with Crippen LogP contribution in [0, 0.1) is 0 Å². The summed E-state index contributed by atoms with van der Waals surface area (Å²) >= 11 is 0. The maximum atomic E-state index is 6.31. The fourth-order valence-electron chi connectivity index (χ4n) is 2.88. The van der Waals surface area contributed by atoms with Crippen LogP contribution in [0.2, 0.25) is 0 Å². The minimum Gasteiger partial charge on any atom is -0.383 e. The van der Waals surface area contributed by atoms with E-state index in [9.17, 15) is 0 Å². The number of hydrogen-bond acceptors (Lipinski definition) is 4. The molecule has 0 aliphatic carbocycles. The first-order valence-corrected chi connectivity index (χ1v) is 6.83. The van der Waals surface area contributed by atoms with Gasteiger partial charge in [-0.15, -0.1) is 0 Å². The predicted molar refractivity (Wildman–Crippen MR) is 75.9 cm³/mol. The number of nitrogens with zero attached hydrogens (tertiary/aromatic N) is 1. The largest absolute Gasteiger partial charge is 0.383 e. The van der Waals surface area contributed by atoms with Crippen LogP contribution in [0.25, 0.3) is 0 Å². The highest BCUT2D eigenvalue weighted by Gasteiger charge is 2.33. The van der Waals surface area contributed by atoms with E-state index in [-0.39, 0.29) is 12.1 Å². The third-order valence-corrected chi connectivity index (χ3v) is 3.80. The first-order chi connectivity index (χ1) is 9.27. The maximum Gasteiger partial charge on any atom is 0.0716 e. The first-order valence-electron chi connectivity index (χ1n) is 6.83. The number of benzene rings is 1. The molecule has 19 heavy (non-hydrogen) atoms. The van der Waals surface area contributed by atoms with Gasteiger partial charge in [0.25, 0.3) is 0 Å². The lowest BCUT2D eigenvalue weighted by Gasteiger charge is -2.28. The lowest BCUT2D eigenvalue weighted by molar-refractivity contribution is 0.137. The summed E-state index contributed by atoms with van der Waals surface area (Å²) in [6.45, 7) is 3.35. The van der Waals surface area contributed by atoms with Gasteiger partial charge in [-0.2, -0.15) is 0 Å². The minimum atomic E-state index is 0.190. The number of nitrogens with two attached hydrogens (primary N) is 1. The van der Waals surface area contributed by atoms with Crippen LogP contribution in [0.4, 0.5) is 0 Å². The number of methoxy groups -OCH3 is 2. The summed E-state index contributed by atoms with van der Waals surface area (Å²) < 4.78 is 10.5. The molecular formula is C15H24N2O2. The smallest absolute Gasteiger partial charge is 0.0716 e. The molecule has 4 heteroatoms. The highest BCUT2D eigenvalue weighted by Crippen LogP contribution is 2.33. The van der Waals surface area contributed by atoms with Gasteiger partial charge >= 0.3 is 0 Å². The summed E-state index contributed by atoms with van der Waals surface area (Å²) in [6, 6.07) is 8.89. The van der Waals surface area contributed by atoms with Crippen molar-refractivity contribution in [3.8, 4) is 0 Å². The van der Waals surface area contributed by atoms with Crippen molar-refractivity contribution in [3.05, 3.63) is 35.4 Å². The van der Waals surface area contributed by atoms with Gasteiger partial charge in [-0.05, 0) is 17.5 Å². The zero-order valence-electron chi connectivity index (χ0n) is 11.8. The molecule has 0 radical (unpaired) electrons. The summed E-state index contributed by atoms with van der Waals surface area (Å²) in [7, 11) is 3.47. The normalized spacial score (nSPS) is 23.9. The summed E-state index contributed by atoms with van der Waals surface area (Å²) in [5.41, 5.74) is 8.84. The highest BCUT2D eigenvalue weighted by molar-refractivity contribution is 5.31. The second-order valence-corrected chi connectivity index (χ2v) is 5.06. The quantitative estimate of drug-likeness (QED) is 0.847. The average molecular weight is 264 g/mol. The Balaban J connectivity index is 2.21. The van der Waals surface area contributed by atoms with E-state index >= 15 is 0 Å². The maximum absolute atomic E-state index is 6.31. The molecule has 106 valence electrons. The third-order valence-electron chi connectivity index (χ3n) is 3.80. The van der Waals surface area contributed by atoms with E-state index in [1.54, 1.807) is 14.2 Å². The molecule has 1 saturated heterocycles. The lowest BCUT2D eigenvalue weighted by atomic mass is 9.96. The Morgan fingerprint density at radius 3 is 2.79 bits per heavy atom. The van der Waals surface area contributed by atoms with Gasteiger partial charge in [0.15, 0.2) is 0 Å². The van der Waals surface area contributed by atoms with Crippen LogP contribution < -0.4 is 5.73 Å². The van der Waals surface area contributed by atoms with Crippen LogP contribution in [0.1, 0.15) is 23.6 Å². The third kappa shape index (κ3) is 3.34. The molecule has 4 nitrogen and oxygen atoms in total. The van der Waals surface area contributed by atoms with E-state index < -0.39 is 0 Å². The molecular weight excluding hydrogens is 240 g/mol. The molecule has 0 bridgehead atoms. The predicted octanol–water partition coefficient (Wildman–Crippen LogP) is 1.55. The van der Waals surface area contributed by atoms with Crippen molar-refractivity contribution in [1.29, 1.82) is 0 Å². The van der Waals surface area contributed by atoms with Crippen molar-refractivity contribution < 1.29 is 9.47 Å². The lowest BCUT2D eigenvalue weighted by Crippen LogP contribution is -2.34. The molecule has 0 saturated carbocycles. The van der Waals surface area contributed by atoms with Gasteiger partial charge in [0.2, 0.25) is 0 Å². The van der Waals surface area contributed by atoms with Crippen LogP contribution >= 0.6 is 0 Å².